The van der Waals surface area contributed by atoms with Crippen molar-refractivity contribution in [3.63, 3.8) is 0 Å². The van der Waals surface area contributed by atoms with Gasteiger partial charge in [0.15, 0.2) is 11.6 Å². The minimum Gasteiger partial charge on any atom is -0.488 e. The molecule has 1 aromatic carbocycles. The van der Waals surface area contributed by atoms with E-state index in [0.717, 1.165) is 19.3 Å². The molecule has 26 heavy (non-hydrogen) atoms. The Morgan fingerprint density at radius 3 is 2.81 bits per heavy atom. The van der Waals surface area contributed by atoms with Gasteiger partial charge < -0.3 is 19.8 Å². The monoisotopic (exact) mass is 380 g/mol. The Labute approximate surface area is 153 Å². The van der Waals surface area contributed by atoms with Gasteiger partial charge in [0.2, 0.25) is 5.43 Å². The molecule has 1 spiro atoms. The van der Waals surface area contributed by atoms with Crippen molar-refractivity contribution in [2.45, 2.75) is 38.1 Å². The number of nitrogens with zero attached hydrogens (tertiary/aromatic N) is 1. The van der Waals surface area contributed by atoms with E-state index in [1.807, 2.05) is 0 Å². The minimum atomic E-state index is -0.787. The number of hydrogen-bond acceptors (Lipinski definition) is 5. The predicted octanol–water partition coefficient (Wildman–Crippen LogP) is 3.21. The number of anilines is 1. The van der Waals surface area contributed by atoms with Crippen LogP contribution >= 0.6 is 11.6 Å². The molecule has 0 unspecified atom stereocenters. The molecule has 0 atom stereocenters. The number of ether oxygens (including phenoxy) is 2. The maximum Gasteiger partial charge on any atom is 0.343 e. The normalized spacial score (nSPS) is 17.5. The molecule has 0 radical (unpaired) electrons. The molecule has 1 aliphatic carbocycles. The number of hydrogen-bond donors (Lipinski definition) is 1. The molecule has 0 amide bonds. The maximum absolute atomic E-state index is 14.7. The summed E-state index contributed by atoms with van der Waals surface area (Å²) in [6.45, 7) is 2.08. The number of benzene rings is 1. The van der Waals surface area contributed by atoms with Crippen molar-refractivity contribution in [1.82, 2.24) is 4.57 Å². The summed E-state index contributed by atoms with van der Waals surface area (Å²) in [5.41, 5.74) is 4.97. The first kappa shape index (κ1) is 17.1. The first-order chi connectivity index (χ1) is 12.4. The molecule has 0 saturated heterocycles. The van der Waals surface area contributed by atoms with Gasteiger partial charge in [-0.3, -0.25) is 4.79 Å². The van der Waals surface area contributed by atoms with E-state index >= 15 is 0 Å². The van der Waals surface area contributed by atoms with Crippen LogP contribution in [-0.2, 0) is 10.3 Å². The molecule has 1 aromatic heterocycles. The van der Waals surface area contributed by atoms with Crippen LogP contribution in [0.15, 0.2) is 11.0 Å². The SMILES string of the molecule is CCOC(=O)c1cn2c3c(c(F)c(Cl)c(N)c3c1=O)OCCC21CCC1. The standard InChI is InChI=1S/C18H18ClFN2O4/c1-2-25-17(24)9-8-22-14-10(15(9)23)13(21)11(19)12(20)16(14)26-7-6-18(22)4-3-5-18/h8H,2-7,21H2,1H3. The summed E-state index contributed by atoms with van der Waals surface area (Å²) in [7, 11) is 0. The van der Waals surface area contributed by atoms with Crippen LogP contribution in [0.25, 0.3) is 10.9 Å². The zero-order valence-electron chi connectivity index (χ0n) is 14.2. The maximum atomic E-state index is 14.7. The highest BCUT2D eigenvalue weighted by Crippen LogP contribution is 2.49. The fourth-order valence-electron chi connectivity index (χ4n) is 3.92. The van der Waals surface area contributed by atoms with Gasteiger partial charge in [0.1, 0.15) is 16.1 Å². The second-order valence-corrected chi connectivity index (χ2v) is 7.11. The van der Waals surface area contributed by atoms with E-state index in [-0.39, 0.29) is 51.7 Å². The number of nitrogen functional groups attached to an aromatic ring is 1. The van der Waals surface area contributed by atoms with Gasteiger partial charge in [0, 0.05) is 18.2 Å². The highest BCUT2D eigenvalue weighted by molar-refractivity contribution is 6.35. The molecule has 138 valence electrons. The van der Waals surface area contributed by atoms with Crippen LogP contribution in [0, 0.1) is 5.82 Å². The fourth-order valence-corrected chi connectivity index (χ4v) is 4.10. The molecule has 0 bridgehead atoms. The van der Waals surface area contributed by atoms with E-state index in [2.05, 4.69) is 0 Å². The molecular formula is C18H18ClFN2O4. The lowest BCUT2D eigenvalue weighted by Crippen LogP contribution is -2.42. The number of esters is 1. The van der Waals surface area contributed by atoms with Crippen molar-refractivity contribution in [2.24, 2.45) is 0 Å². The van der Waals surface area contributed by atoms with Crippen molar-refractivity contribution in [3.8, 4) is 5.75 Å². The highest BCUT2D eigenvalue weighted by atomic mass is 35.5. The molecule has 1 saturated carbocycles. The van der Waals surface area contributed by atoms with E-state index in [4.69, 9.17) is 26.8 Å². The second-order valence-electron chi connectivity index (χ2n) is 6.73. The number of nitrogens with two attached hydrogens (primary N) is 1. The molecule has 8 heteroatoms. The number of carbonyl (C=O) groups is 1. The summed E-state index contributed by atoms with van der Waals surface area (Å²) in [6, 6.07) is 0. The second kappa shape index (κ2) is 5.87. The molecule has 2 heterocycles. The van der Waals surface area contributed by atoms with Gasteiger partial charge in [-0.2, -0.15) is 0 Å². The molecule has 2 aromatic rings. The number of pyridine rings is 1. The first-order valence-electron chi connectivity index (χ1n) is 8.57. The number of fused-ring (bicyclic) bond motifs is 1. The lowest BCUT2D eigenvalue weighted by atomic mass is 9.74. The third kappa shape index (κ3) is 2.16. The molecule has 6 nitrogen and oxygen atoms in total. The van der Waals surface area contributed by atoms with Gasteiger partial charge in [-0.1, -0.05) is 11.6 Å². The summed E-state index contributed by atoms with van der Waals surface area (Å²) >= 11 is 6.01. The molecule has 1 fully saturated rings. The molecule has 2 N–H and O–H groups in total. The Hall–Kier alpha value is -2.28. The van der Waals surface area contributed by atoms with Gasteiger partial charge in [-0.05, 0) is 26.2 Å². The van der Waals surface area contributed by atoms with Crippen LogP contribution in [0.2, 0.25) is 5.02 Å². The lowest BCUT2D eigenvalue weighted by Gasteiger charge is -2.44. The first-order valence-corrected chi connectivity index (χ1v) is 8.95. The molecular weight excluding hydrogens is 363 g/mol. The largest absolute Gasteiger partial charge is 0.488 e. The van der Waals surface area contributed by atoms with E-state index in [1.54, 1.807) is 11.5 Å². The van der Waals surface area contributed by atoms with E-state index in [9.17, 15) is 14.0 Å². The van der Waals surface area contributed by atoms with Crippen molar-refractivity contribution in [1.29, 1.82) is 0 Å². The average molecular weight is 381 g/mol. The van der Waals surface area contributed by atoms with Crippen molar-refractivity contribution in [2.75, 3.05) is 18.9 Å². The third-order valence-corrected chi connectivity index (χ3v) is 5.79. The Morgan fingerprint density at radius 1 is 1.46 bits per heavy atom. The molecule has 1 aliphatic heterocycles. The summed E-state index contributed by atoms with van der Waals surface area (Å²) < 4.78 is 27.2. The van der Waals surface area contributed by atoms with Crippen LogP contribution in [0.4, 0.5) is 10.1 Å². The smallest absolute Gasteiger partial charge is 0.343 e. The summed E-state index contributed by atoms with van der Waals surface area (Å²) in [5.74, 6) is -1.61. The van der Waals surface area contributed by atoms with Crippen molar-refractivity contribution in [3.05, 3.63) is 32.8 Å². The van der Waals surface area contributed by atoms with Crippen molar-refractivity contribution >= 4 is 34.2 Å². The topological polar surface area (TPSA) is 83.5 Å². The Kier molecular flexibility index (Phi) is 3.87. The minimum absolute atomic E-state index is 0.00475. The summed E-state index contributed by atoms with van der Waals surface area (Å²) in [5, 5.41) is -0.369. The van der Waals surface area contributed by atoms with Crippen LogP contribution in [0.3, 0.4) is 0 Å². The highest BCUT2D eigenvalue weighted by Gasteiger charge is 2.43. The quantitative estimate of drug-likeness (QED) is 0.639. The molecule has 2 aliphatic rings. The number of aromatic nitrogens is 1. The number of halogens is 2. The summed E-state index contributed by atoms with van der Waals surface area (Å²) in [4.78, 5) is 25.3. The van der Waals surface area contributed by atoms with Crippen LogP contribution < -0.4 is 15.9 Å². The average Bonchev–Trinajstić information content (AvgIpc) is 2.75. The van der Waals surface area contributed by atoms with E-state index < -0.39 is 17.2 Å². The van der Waals surface area contributed by atoms with E-state index in [0.29, 0.717) is 6.42 Å². The number of rotatable bonds is 2. The fraction of sp³-hybridized carbons (Fsp3) is 0.444. The Balaban J connectivity index is 2.17. The van der Waals surface area contributed by atoms with Crippen LogP contribution in [-0.4, -0.2) is 23.8 Å². The molecule has 4 rings (SSSR count). The third-order valence-electron chi connectivity index (χ3n) is 5.42. The van der Waals surface area contributed by atoms with Gasteiger partial charge >= 0.3 is 5.97 Å². The zero-order valence-corrected chi connectivity index (χ0v) is 15.0. The van der Waals surface area contributed by atoms with E-state index in [1.165, 1.54) is 6.20 Å². The van der Waals surface area contributed by atoms with Gasteiger partial charge in [0.25, 0.3) is 0 Å². The summed E-state index contributed by atoms with van der Waals surface area (Å²) in [6.07, 6.45) is 4.80. The van der Waals surface area contributed by atoms with Crippen LogP contribution in [0.5, 0.6) is 5.75 Å². The Bertz CT molecular complexity index is 997. The lowest BCUT2D eigenvalue weighted by molar-refractivity contribution is 0.0521. The van der Waals surface area contributed by atoms with Crippen molar-refractivity contribution < 1.29 is 18.7 Å². The number of carbonyl (C=O) groups excluding carboxylic acids is 1. The van der Waals surface area contributed by atoms with Gasteiger partial charge in [-0.15, -0.1) is 0 Å². The van der Waals surface area contributed by atoms with Crippen LogP contribution in [0.1, 0.15) is 43.0 Å². The Morgan fingerprint density at radius 2 is 2.19 bits per heavy atom. The van der Waals surface area contributed by atoms with Gasteiger partial charge in [-0.25, -0.2) is 9.18 Å². The zero-order chi connectivity index (χ0) is 18.6. The predicted molar refractivity (Wildman–Crippen MR) is 95.5 cm³/mol. The van der Waals surface area contributed by atoms with Gasteiger partial charge in [0.05, 0.1) is 24.3 Å².